The summed E-state index contributed by atoms with van der Waals surface area (Å²) in [7, 11) is 2.10. The van der Waals surface area contributed by atoms with Gasteiger partial charge in [-0.1, -0.05) is 74.8 Å². The number of nitrogens with zero attached hydrogens (tertiary/aromatic N) is 14. The molecule has 10 aliphatic carbocycles. The zero-order valence-corrected chi connectivity index (χ0v) is 69.4. The van der Waals surface area contributed by atoms with Crippen molar-refractivity contribution in [2.75, 3.05) is 86.0 Å². The van der Waals surface area contributed by atoms with E-state index in [4.69, 9.17) is 64.3 Å². The Kier molecular flexibility index (Phi) is 20.8. The van der Waals surface area contributed by atoms with Crippen LogP contribution in [-0.4, -0.2) is 194 Å². The third-order valence-corrected chi connectivity index (χ3v) is 31.8. The van der Waals surface area contributed by atoms with Crippen LogP contribution >= 0.6 is 50.7 Å². The van der Waals surface area contributed by atoms with E-state index in [0.29, 0.717) is 53.9 Å². The lowest BCUT2D eigenvalue weighted by Gasteiger charge is -2.61. The number of H-pyrrole nitrogens is 1. The average Bonchev–Trinajstić information content (AvgIpc) is 1.10. The number of ether oxygens (including phenoxy) is 3. The first-order valence-corrected chi connectivity index (χ1v) is 43.7. The fraction of sp³-hybridized carbons (Fsp3) is 0.651. The minimum Gasteiger partial charge on any atom is -0.389 e. The number of aromatic amines is 1. The first-order chi connectivity index (χ1) is 53.1. The lowest BCUT2D eigenvalue weighted by atomic mass is 9.50. The third kappa shape index (κ3) is 13.7. The lowest BCUT2D eigenvalue weighted by Crippen LogP contribution is -2.59. The first-order valence-electron chi connectivity index (χ1n) is 41.8. The van der Waals surface area contributed by atoms with Crippen LogP contribution in [0.25, 0.3) is 44.1 Å². The number of halogens is 4. The Hall–Kier alpha value is -5.27. The van der Waals surface area contributed by atoms with E-state index in [-0.39, 0.29) is 22.2 Å². The molecule has 25 rings (SSSR count). The van der Waals surface area contributed by atoms with Gasteiger partial charge in [-0.3, -0.25) is 33.8 Å². The van der Waals surface area contributed by atoms with E-state index >= 15 is 0 Å². The predicted molar refractivity (Wildman–Crippen MR) is 438 cm³/mol. The highest BCUT2D eigenvalue weighted by Gasteiger charge is 2.60. The van der Waals surface area contributed by atoms with Gasteiger partial charge in [0, 0.05) is 54.5 Å². The van der Waals surface area contributed by atoms with Crippen LogP contribution in [0, 0.1) is 35.5 Å². The Labute approximate surface area is 671 Å². The van der Waals surface area contributed by atoms with Crippen molar-refractivity contribution in [3.8, 4) is 11.4 Å². The fourth-order valence-corrected chi connectivity index (χ4v) is 23.3. The van der Waals surface area contributed by atoms with Crippen LogP contribution in [0.3, 0.4) is 0 Å². The average molecular weight is 1620 g/mol. The Bertz CT molecular complexity index is 4520. The largest absolute Gasteiger partial charge is 0.389 e. The topological polar surface area (TPSA) is 187 Å². The quantitative estimate of drug-likeness (QED) is 0.0989. The molecule has 6 bridgehead atoms. The monoisotopic (exact) mass is 1620 g/mol. The highest BCUT2D eigenvalue weighted by atomic mass is 79.9. The number of fused-ring (bicyclic) bond motifs is 3. The van der Waals surface area contributed by atoms with Gasteiger partial charge < -0.3 is 24.6 Å². The van der Waals surface area contributed by atoms with Crippen LogP contribution in [0.1, 0.15) is 204 Å². The normalized spacial score (nSPS) is 34.1. The smallest absolute Gasteiger partial charge is 0.103 e. The summed E-state index contributed by atoms with van der Waals surface area (Å²) in [4.78, 5) is 7.68. The molecule has 3 N–H and O–H groups in total. The molecule has 6 aromatic heterocycles. The molecule has 590 valence electrons. The Morgan fingerprint density at radius 3 is 1.29 bits per heavy atom. The molecule has 16 fully saturated rings. The van der Waals surface area contributed by atoms with Crippen LogP contribution in [0.2, 0.25) is 15.1 Å². The van der Waals surface area contributed by atoms with Crippen LogP contribution in [0.15, 0.2) is 96.6 Å². The number of aromatic nitrogens is 12. The van der Waals surface area contributed by atoms with Crippen molar-refractivity contribution in [3.63, 3.8) is 0 Å². The maximum atomic E-state index is 10.4. The second kappa shape index (κ2) is 30.1. The van der Waals surface area contributed by atoms with Gasteiger partial charge >= 0.3 is 0 Å². The van der Waals surface area contributed by atoms with Gasteiger partial charge in [0.1, 0.15) is 11.4 Å². The van der Waals surface area contributed by atoms with Gasteiger partial charge in [0.25, 0.3) is 0 Å². The van der Waals surface area contributed by atoms with Crippen molar-refractivity contribution < 1.29 is 19.3 Å². The summed E-state index contributed by atoms with van der Waals surface area (Å²) in [5.74, 6) is 6.43. The number of hydrogen-bond donors (Lipinski definition) is 3. The Balaban J connectivity index is 0.000000103. The standard InChI is InChI=1S/C26H32ClN5O.C25H30ClN5O2.C18H24ClN3O.C9H19N.C8H9BrN2/c1-17-15-33-16-25(17,2)30-5-3-19(4-6-30)22-8-24-20(7-23(22)27)12-29-32(24)21-13-28-31(14-21)26-9-18(10-26)11-26;1-24(15-33-14-23(24)32)29-4-2-17(3-5-29)20-7-22-18(6-21(20)26)11-28-31(22)19-12-27-30(13-19)25-8-16(9-25)10-25;1-12-10-23-11-18(12,2)22-5-3-13(4-6-22)15-8-17-14(7-16(15)19)9-20-21-17;1-3-8-6-4-5-7-9(8)10-2;9-7-4-10-11(5-7)8-1-6(2-8)3-8/h7-8,12-14,17-19H,3-6,9-11,15-16H2,1-2H3;6-7,11-13,16-17,23,32H,2-5,8-10,14-15H2,1H3;7-9,12-13H,3-6,10-11H2,1-2H3,(H,20,21);8-10H,3-7H2,1-2H3;4-6H,1-3H2/t17-,18?,25?,26?;16?,23-,24?,25?;12-,18?;8-,9-;/m1111./s1. The van der Waals surface area contributed by atoms with Gasteiger partial charge in [0.15, 0.2) is 0 Å². The van der Waals surface area contributed by atoms with Crippen molar-refractivity contribution in [3.05, 3.63) is 128 Å². The predicted octanol–water partition coefficient (Wildman–Crippen LogP) is 16.9. The zero-order chi connectivity index (χ0) is 75.6. The van der Waals surface area contributed by atoms with E-state index in [9.17, 15) is 5.11 Å². The number of benzene rings is 3. The maximum absolute atomic E-state index is 10.4. The van der Waals surface area contributed by atoms with Gasteiger partial charge in [-0.15, -0.1) is 0 Å². The van der Waals surface area contributed by atoms with E-state index in [0.717, 1.165) is 198 Å². The van der Waals surface area contributed by atoms with E-state index < -0.39 is 6.10 Å². The summed E-state index contributed by atoms with van der Waals surface area (Å²) in [5.41, 5.74) is 10.2. The zero-order valence-electron chi connectivity index (χ0n) is 65.6. The molecule has 12 heterocycles. The molecule has 3 unspecified atom stereocenters. The molecule has 0 radical (unpaired) electrons. The summed E-state index contributed by atoms with van der Waals surface area (Å²) in [5, 5.41) is 49.9. The maximum Gasteiger partial charge on any atom is 0.103 e. The summed E-state index contributed by atoms with van der Waals surface area (Å²) in [6, 6.07) is 13.7. The number of aliphatic hydroxyl groups excluding tert-OH is 1. The summed E-state index contributed by atoms with van der Waals surface area (Å²) in [6.45, 7) is 24.6. The van der Waals surface area contributed by atoms with Crippen molar-refractivity contribution in [2.24, 2.45) is 35.5 Å². The fourth-order valence-electron chi connectivity index (χ4n) is 22.0. The second-order valence-corrected chi connectivity index (χ2v) is 39.0. The molecular weight excluding hydrogens is 1510 g/mol. The molecular formula is C86H114BrCl3N16O4. The number of rotatable bonds is 13. The molecule has 0 amide bonds. The lowest BCUT2D eigenvalue weighted by molar-refractivity contribution is -0.0979. The minimum absolute atomic E-state index is 0.165. The number of hydrogen-bond acceptors (Lipinski definition) is 14. The van der Waals surface area contributed by atoms with E-state index in [2.05, 4.69) is 168 Å². The van der Waals surface area contributed by atoms with Gasteiger partial charge in [0.05, 0.1) is 138 Å². The van der Waals surface area contributed by atoms with Crippen LogP contribution in [0.5, 0.6) is 0 Å². The van der Waals surface area contributed by atoms with Crippen LogP contribution in [-0.2, 0) is 30.8 Å². The van der Waals surface area contributed by atoms with Gasteiger partial charge in [0.2, 0.25) is 0 Å². The molecule has 3 aromatic carbocycles. The molecule has 24 heteroatoms. The molecule has 10 saturated carbocycles. The number of piperidine rings is 3. The van der Waals surface area contributed by atoms with E-state index in [1.54, 1.807) is 0 Å². The van der Waals surface area contributed by atoms with Crippen molar-refractivity contribution in [2.45, 2.75) is 233 Å². The van der Waals surface area contributed by atoms with Crippen molar-refractivity contribution in [1.29, 1.82) is 0 Å². The van der Waals surface area contributed by atoms with Gasteiger partial charge in [-0.25, -0.2) is 9.36 Å². The highest BCUT2D eigenvalue weighted by molar-refractivity contribution is 9.10. The summed E-state index contributed by atoms with van der Waals surface area (Å²) >= 11 is 23.5. The van der Waals surface area contributed by atoms with Gasteiger partial charge in [-0.05, 0) is 299 Å². The summed E-state index contributed by atoms with van der Waals surface area (Å²) < 4.78 is 28.7. The number of nitrogens with one attached hydrogen (secondary N) is 2. The molecule has 9 aromatic rings. The molecule has 16 aliphatic rings. The van der Waals surface area contributed by atoms with E-state index in [1.807, 2.05) is 52.6 Å². The van der Waals surface area contributed by atoms with E-state index in [1.165, 1.54) is 107 Å². The molecule has 6 saturated heterocycles. The molecule has 20 nitrogen and oxygen atoms in total. The molecule has 0 spiro atoms. The van der Waals surface area contributed by atoms with Crippen molar-refractivity contribution in [1.82, 2.24) is 79.1 Å². The number of aliphatic hydroxyl groups is 1. The Morgan fingerprint density at radius 2 is 0.909 bits per heavy atom. The highest BCUT2D eigenvalue weighted by Crippen LogP contribution is 2.64. The second-order valence-electron chi connectivity index (χ2n) is 36.9. The van der Waals surface area contributed by atoms with Crippen LogP contribution < -0.4 is 5.32 Å². The first kappa shape index (κ1) is 76.0. The third-order valence-electron chi connectivity index (χ3n) is 30.4. The molecule has 6 aliphatic heterocycles. The summed E-state index contributed by atoms with van der Waals surface area (Å²) in [6.07, 6.45) is 42.9. The minimum atomic E-state index is -0.422. The van der Waals surface area contributed by atoms with Gasteiger partial charge in [-0.2, -0.15) is 30.6 Å². The Morgan fingerprint density at radius 1 is 0.500 bits per heavy atom. The van der Waals surface area contributed by atoms with Crippen LogP contribution in [0.4, 0.5) is 0 Å². The van der Waals surface area contributed by atoms with Crippen molar-refractivity contribution >= 4 is 83.4 Å². The molecule has 8 atom stereocenters. The number of likely N-dealkylation sites (tertiary alicyclic amines) is 3. The molecule has 110 heavy (non-hydrogen) atoms. The SMILES string of the molecule is Brc1cnn(C23CC(C2)C3)c1.CC1(N2CCC(c3cc4c(cnn4-c4cnn(C56CC(C5)C6)c4)cc3Cl)CC2)COC[C@H]1O.CC[C@@H]1CCCC[C@H]1NC.C[C@@H]1COCC1(C)N1CCC(c2cc3[nH]ncc3cc2Cl)CC1.C[C@@H]1COCC1(C)N1CCC(c2cc3c(cnn3-c3cnn(C45CC(C4)C5)c3)cc2Cl)CC1.